The van der Waals surface area contributed by atoms with Crippen LogP contribution >= 0.6 is 27.7 Å². The standard InChI is InChI=1S/C14H21BrN4O2S2/c1-18(23(20,21)11-3-4-11)10-5-7-19(8-6-10)13-12(15)9-16-14(17-13)22-2/h9-11H,3-8H2,1-2H3. The molecule has 0 atom stereocenters. The Morgan fingerprint density at radius 3 is 2.52 bits per heavy atom. The highest BCUT2D eigenvalue weighted by atomic mass is 79.9. The summed E-state index contributed by atoms with van der Waals surface area (Å²) in [7, 11) is -1.35. The first kappa shape index (κ1) is 17.4. The fraction of sp³-hybridized carbons (Fsp3) is 0.714. The summed E-state index contributed by atoms with van der Waals surface area (Å²) in [5, 5.41) is 0.615. The Labute approximate surface area is 150 Å². The van der Waals surface area contributed by atoms with Crippen molar-refractivity contribution in [1.82, 2.24) is 14.3 Å². The molecule has 1 aliphatic heterocycles. The average molecular weight is 421 g/mol. The van der Waals surface area contributed by atoms with E-state index in [0.717, 1.165) is 54.2 Å². The van der Waals surface area contributed by atoms with E-state index >= 15 is 0 Å². The molecule has 6 nitrogen and oxygen atoms in total. The Bertz CT molecular complexity index is 673. The number of sulfonamides is 1. The van der Waals surface area contributed by atoms with Crippen molar-refractivity contribution in [1.29, 1.82) is 0 Å². The second-order valence-electron chi connectivity index (χ2n) is 6.01. The number of hydrogen-bond acceptors (Lipinski definition) is 6. The summed E-state index contributed by atoms with van der Waals surface area (Å²) in [6, 6.07) is 0.0949. The van der Waals surface area contributed by atoms with Crippen LogP contribution in [-0.2, 0) is 10.0 Å². The van der Waals surface area contributed by atoms with Crippen molar-refractivity contribution >= 4 is 43.5 Å². The molecule has 1 saturated heterocycles. The van der Waals surface area contributed by atoms with Crippen LogP contribution in [0.25, 0.3) is 0 Å². The SMILES string of the molecule is CSc1ncc(Br)c(N2CCC(N(C)S(=O)(=O)C3CC3)CC2)n1. The van der Waals surface area contributed by atoms with Gasteiger partial charge in [0, 0.05) is 32.4 Å². The average Bonchev–Trinajstić information content (AvgIpc) is 3.40. The van der Waals surface area contributed by atoms with E-state index in [-0.39, 0.29) is 11.3 Å². The van der Waals surface area contributed by atoms with E-state index in [9.17, 15) is 8.42 Å². The Morgan fingerprint density at radius 1 is 1.30 bits per heavy atom. The molecule has 9 heteroatoms. The van der Waals surface area contributed by atoms with E-state index in [0.29, 0.717) is 0 Å². The molecule has 0 amide bonds. The van der Waals surface area contributed by atoms with E-state index in [1.807, 2.05) is 6.26 Å². The van der Waals surface area contributed by atoms with Gasteiger partial charge >= 0.3 is 0 Å². The van der Waals surface area contributed by atoms with Crippen LogP contribution in [0.15, 0.2) is 15.8 Å². The second-order valence-corrected chi connectivity index (χ2v) is 9.91. The second kappa shape index (κ2) is 6.85. The lowest BCUT2D eigenvalue weighted by Crippen LogP contribution is -2.46. The molecule has 0 aromatic carbocycles. The lowest BCUT2D eigenvalue weighted by molar-refractivity contribution is 0.311. The summed E-state index contributed by atoms with van der Waals surface area (Å²) in [6.07, 6.45) is 7.02. The fourth-order valence-corrected chi connectivity index (χ4v) is 5.52. The first-order chi connectivity index (χ1) is 10.9. The van der Waals surface area contributed by atoms with Gasteiger partial charge in [0.1, 0.15) is 5.82 Å². The Kier molecular flexibility index (Phi) is 5.20. The summed E-state index contributed by atoms with van der Waals surface area (Å²) in [4.78, 5) is 11.0. The lowest BCUT2D eigenvalue weighted by Gasteiger charge is -2.37. The third-order valence-corrected chi connectivity index (χ3v) is 8.05. The van der Waals surface area contributed by atoms with Crippen molar-refractivity contribution < 1.29 is 8.42 Å². The van der Waals surface area contributed by atoms with Crippen molar-refractivity contribution in [2.24, 2.45) is 0 Å². The zero-order valence-electron chi connectivity index (χ0n) is 13.3. The smallest absolute Gasteiger partial charge is 0.216 e. The first-order valence-corrected chi connectivity index (χ1v) is 11.2. The molecule has 1 aromatic heterocycles. The predicted molar refractivity (Wildman–Crippen MR) is 96.5 cm³/mol. The molecule has 2 heterocycles. The van der Waals surface area contributed by atoms with E-state index < -0.39 is 10.0 Å². The van der Waals surface area contributed by atoms with Crippen molar-refractivity contribution in [3.63, 3.8) is 0 Å². The topological polar surface area (TPSA) is 66.4 Å². The molecule has 2 fully saturated rings. The van der Waals surface area contributed by atoms with Crippen LogP contribution in [0.3, 0.4) is 0 Å². The molecular weight excluding hydrogens is 400 g/mol. The minimum atomic E-state index is -3.09. The van der Waals surface area contributed by atoms with Gasteiger partial charge in [-0.3, -0.25) is 0 Å². The summed E-state index contributed by atoms with van der Waals surface area (Å²) < 4.78 is 27.2. The van der Waals surface area contributed by atoms with Gasteiger partial charge in [-0.25, -0.2) is 22.7 Å². The summed E-state index contributed by atoms with van der Waals surface area (Å²) in [5.41, 5.74) is 0. The van der Waals surface area contributed by atoms with Crippen LogP contribution in [0.2, 0.25) is 0 Å². The molecule has 2 aliphatic rings. The van der Waals surface area contributed by atoms with Crippen molar-refractivity contribution in [3.8, 4) is 0 Å². The van der Waals surface area contributed by atoms with Gasteiger partial charge < -0.3 is 4.90 Å². The predicted octanol–water partition coefficient (Wildman–Crippen LogP) is 2.35. The van der Waals surface area contributed by atoms with Crippen LogP contribution in [0.4, 0.5) is 5.82 Å². The van der Waals surface area contributed by atoms with Crippen molar-refractivity contribution in [3.05, 3.63) is 10.7 Å². The Morgan fingerprint density at radius 2 is 1.96 bits per heavy atom. The summed E-state index contributed by atoms with van der Waals surface area (Å²) in [5.74, 6) is 0.899. The number of thioether (sulfide) groups is 1. The van der Waals surface area contributed by atoms with E-state index in [2.05, 4.69) is 30.8 Å². The lowest BCUT2D eigenvalue weighted by atomic mass is 10.1. The van der Waals surface area contributed by atoms with Gasteiger partial charge in [-0.05, 0) is 47.9 Å². The van der Waals surface area contributed by atoms with E-state index in [1.165, 1.54) is 11.8 Å². The molecule has 1 aliphatic carbocycles. The quantitative estimate of drug-likeness (QED) is 0.537. The van der Waals surface area contributed by atoms with Crippen LogP contribution in [-0.4, -0.2) is 60.4 Å². The largest absolute Gasteiger partial charge is 0.355 e. The minimum absolute atomic E-state index is 0.0949. The number of anilines is 1. The third kappa shape index (κ3) is 3.67. The van der Waals surface area contributed by atoms with Gasteiger partial charge in [-0.15, -0.1) is 0 Å². The van der Waals surface area contributed by atoms with Crippen LogP contribution in [0.1, 0.15) is 25.7 Å². The molecule has 128 valence electrons. The first-order valence-electron chi connectivity index (χ1n) is 7.72. The minimum Gasteiger partial charge on any atom is -0.355 e. The molecule has 0 spiro atoms. The van der Waals surface area contributed by atoms with Gasteiger partial charge in [0.15, 0.2) is 5.16 Å². The number of aromatic nitrogens is 2. The highest BCUT2D eigenvalue weighted by Gasteiger charge is 2.41. The van der Waals surface area contributed by atoms with E-state index in [4.69, 9.17) is 0 Å². The van der Waals surface area contributed by atoms with Gasteiger partial charge in [-0.1, -0.05) is 11.8 Å². The van der Waals surface area contributed by atoms with Gasteiger partial charge in [0.25, 0.3) is 0 Å². The maximum Gasteiger partial charge on any atom is 0.216 e. The van der Waals surface area contributed by atoms with Crippen LogP contribution in [0.5, 0.6) is 0 Å². The van der Waals surface area contributed by atoms with Crippen molar-refractivity contribution in [2.45, 2.75) is 42.1 Å². The van der Waals surface area contributed by atoms with Crippen LogP contribution < -0.4 is 4.90 Å². The molecule has 3 rings (SSSR count). The normalized spacial score (nSPS) is 20.3. The highest BCUT2D eigenvalue weighted by molar-refractivity contribution is 9.10. The zero-order valence-corrected chi connectivity index (χ0v) is 16.5. The molecule has 1 aromatic rings. The summed E-state index contributed by atoms with van der Waals surface area (Å²) in [6.45, 7) is 1.61. The molecule has 0 N–H and O–H groups in total. The Hall–Kier alpha value is -0.380. The molecule has 0 unspecified atom stereocenters. The maximum absolute atomic E-state index is 12.4. The third-order valence-electron chi connectivity index (χ3n) is 4.51. The van der Waals surface area contributed by atoms with Gasteiger partial charge in [-0.2, -0.15) is 0 Å². The molecule has 1 saturated carbocycles. The van der Waals surface area contributed by atoms with E-state index in [1.54, 1.807) is 17.5 Å². The number of halogens is 1. The monoisotopic (exact) mass is 420 g/mol. The number of nitrogens with zero attached hydrogens (tertiary/aromatic N) is 4. The molecule has 0 radical (unpaired) electrons. The highest BCUT2D eigenvalue weighted by Crippen LogP contribution is 2.34. The zero-order chi connectivity index (χ0) is 16.6. The maximum atomic E-state index is 12.4. The molecular formula is C14H21BrN4O2S2. The molecule has 23 heavy (non-hydrogen) atoms. The number of rotatable bonds is 5. The summed E-state index contributed by atoms with van der Waals surface area (Å²) >= 11 is 5.03. The van der Waals surface area contributed by atoms with Crippen molar-refractivity contribution in [2.75, 3.05) is 31.3 Å². The van der Waals surface area contributed by atoms with Gasteiger partial charge in [0.05, 0.1) is 9.72 Å². The fourth-order valence-electron chi connectivity index (χ4n) is 2.91. The van der Waals surface area contributed by atoms with Crippen LogP contribution in [0, 0.1) is 0 Å². The molecule has 0 bridgehead atoms. The number of piperidine rings is 1. The number of hydrogen-bond donors (Lipinski definition) is 0. The Balaban J connectivity index is 1.66. The van der Waals surface area contributed by atoms with Gasteiger partial charge in [0.2, 0.25) is 10.0 Å².